The summed E-state index contributed by atoms with van der Waals surface area (Å²) in [7, 11) is 0. The summed E-state index contributed by atoms with van der Waals surface area (Å²) in [6, 6.07) is 9.26. The van der Waals surface area contributed by atoms with Crippen LogP contribution in [-0.2, 0) is 0 Å². The van der Waals surface area contributed by atoms with Crippen LogP contribution in [-0.4, -0.2) is 49.0 Å². The van der Waals surface area contributed by atoms with Gasteiger partial charge in [0.15, 0.2) is 0 Å². The van der Waals surface area contributed by atoms with E-state index in [1.807, 2.05) is 42.2 Å². The third-order valence-corrected chi connectivity index (χ3v) is 5.02. The van der Waals surface area contributed by atoms with E-state index in [1.54, 1.807) is 12.4 Å². The number of imidazole rings is 1. The fourth-order valence-electron chi connectivity index (χ4n) is 3.60. The third-order valence-electron chi connectivity index (χ3n) is 5.02. The molecule has 1 saturated heterocycles. The predicted molar refractivity (Wildman–Crippen MR) is 102 cm³/mol. The Morgan fingerprint density at radius 2 is 2.21 bits per heavy atom. The molecular weight excluding hydrogens is 356 g/mol. The fraction of sp³-hybridized carbons (Fsp3) is 0.250. The molecule has 1 N–H and O–H groups in total. The maximum absolute atomic E-state index is 12.9. The van der Waals surface area contributed by atoms with Gasteiger partial charge in [0.2, 0.25) is 11.8 Å². The Hall–Kier alpha value is -3.55. The molecule has 140 valence electrons. The van der Waals surface area contributed by atoms with Crippen molar-refractivity contribution in [3.8, 4) is 11.5 Å². The molecular formula is C20H18N6O2. The van der Waals surface area contributed by atoms with E-state index in [4.69, 9.17) is 4.42 Å². The van der Waals surface area contributed by atoms with E-state index < -0.39 is 0 Å². The van der Waals surface area contributed by atoms with Gasteiger partial charge in [0.1, 0.15) is 5.82 Å². The number of aromatic amines is 1. The molecule has 0 spiro atoms. The molecule has 0 aliphatic carbocycles. The van der Waals surface area contributed by atoms with E-state index in [0.717, 1.165) is 28.8 Å². The standard InChI is InChI=1S/C20H18N6O2/c1-12-22-16-5-4-13(9-17(16)23-12)20(27)26-8-6-15(11-26)19-25-24-18(28-19)14-3-2-7-21-10-14/h2-5,7,9-10,15H,6,8,11H2,1H3,(H,22,23). The highest BCUT2D eigenvalue weighted by atomic mass is 16.4. The molecule has 1 atom stereocenters. The van der Waals surface area contributed by atoms with Gasteiger partial charge in [0, 0.05) is 31.0 Å². The number of hydrogen-bond acceptors (Lipinski definition) is 6. The van der Waals surface area contributed by atoms with E-state index in [9.17, 15) is 4.79 Å². The summed E-state index contributed by atoms with van der Waals surface area (Å²) in [4.78, 5) is 26.4. The van der Waals surface area contributed by atoms with Gasteiger partial charge in [-0.2, -0.15) is 0 Å². The van der Waals surface area contributed by atoms with E-state index >= 15 is 0 Å². The number of aryl methyl sites for hydroxylation is 1. The van der Waals surface area contributed by atoms with Crippen molar-refractivity contribution in [2.45, 2.75) is 19.3 Å². The number of hydrogen-bond donors (Lipinski definition) is 1. The number of carbonyl (C=O) groups excluding carboxylic acids is 1. The molecule has 4 heterocycles. The van der Waals surface area contributed by atoms with Crippen molar-refractivity contribution in [1.29, 1.82) is 0 Å². The first-order valence-corrected chi connectivity index (χ1v) is 9.17. The van der Waals surface area contributed by atoms with E-state index in [2.05, 4.69) is 25.1 Å². The van der Waals surface area contributed by atoms with E-state index in [1.165, 1.54) is 0 Å². The number of nitrogens with zero attached hydrogens (tertiary/aromatic N) is 5. The second-order valence-corrected chi connectivity index (χ2v) is 6.98. The van der Waals surface area contributed by atoms with Crippen molar-refractivity contribution >= 4 is 16.9 Å². The minimum Gasteiger partial charge on any atom is -0.420 e. The number of pyridine rings is 1. The summed E-state index contributed by atoms with van der Waals surface area (Å²) < 4.78 is 5.83. The monoisotopic (exact) mass is 374 g/mol. The molecule has 1 fully saturated rings. The first-order chi connectivity index (χ1) is 13.7. The number of aromatic nitrogens is 5. The zero-order chi connectivity index (χ0) is 19.1. The van der Waals surface area contributed by atoms with Crippen molar-refractivity contribution < 1.29 is 9.21 Å². The first-order valence-electron chi connectivity index (χ1n) is 9.17. The molecule has 8 nitrogen and oxygen atoms in total. The van der Waals surface area contributed by atoms with E-state index in [-0.39, 0.29) is 11.8 Å². The van der Waals surface area contributed by atoms with Gasteiger partial charge in [-0.15, -0.1) is 10.2 Å². The Kier molecular flexibility index (Phi) is 3.89. The van der Waals surface area contributed by atoms with Crippen molar-refractivity contribution in [2.75, 3.05) is 13.1 Å². The molecule has 8 heteroatoms. The molecule has 1 aliphatic rings. The van der Waals surface area contributed by atoms with Crippen LogP contribution in [0.15, 0.2) is 47.1 Å². The van der Waals surface area contributed by atoms with Crippen LogP contribution in [0.5, 0.6) is 0 Å². The SMILES string of the molecule is Cc1nc2ccc(C(=O)N3CCC(c4nnc(-c5cccnc5)o4)C3)cc2[nH]1. The summed E-state index contributed by atoms with van der Waals surface area (Å²) in [6.45, 7) is 3.12. The van der Waals surface area contributed by atoms with Gasteiger partial charge in [-0.1, -0.05) is 0 Å². The lowest BCUT2D eigenvalue weighted by atomic mass is 10.1. The fourth-order valence-corrected chi connectivity index (χ4v) is 3.60. The zero-order valence-corrected chi connectivity index (χ0v) is 15.3. The van der Waals surface area contributed by atoms with Crippen LogP contribution in [0.2, 0.25) is 0 Å². The van der Waals surface area contributed by atoms with Gasteiger partial charge in [-0.3, -0.25) is 9.78 Å². The van der Waals surface area contributed by atoms with Crippen LogP contribution in [0, 0.1) is 6.92 Å². The number of likely N-dealkylation sites (tertiary alicyclic amines) is 1. The van der Waals surface area contributed by atoms with Crippen LogP contribution in [0.1, 0.15) is 34.4 Å². The van der Waals surface area contributed by atoms with E-state index in [0.29, 0.717) is 30.4 Å². The Balaban J connectivity index is 1.32. The second kappa shape index (κ2) is 6.56. The quantitative estimate of drug-likeness (QED) is 0.592. The lowest BCUT2D eigenvalue weighted by Crippen LogP contribution is -2.28. The van der Waals surface area contributed by atoms with Crippen LogP contribution in [0.3, 0.4) is 0 Å². The van der Waals surface area contributed by atoms with Gasteiger partial charge in [0.25, 0.3) is 5.91 Å². The molecule has 1 aromatic carbocycles. The number of rotatable bonds is 3. The second-order valence-electron chi connectivity index (χ2n) is 6.98. The molecule has 5 rings (SSSR count). The van der Waals surface area contributed by atoms with Crippen LogP contribution in [0.25, 0.3) is 22.5 Å². The van der Waals surface area contributed by atoms with Gasteiger partial charge < -0.3 is 14.3 Å². The van der Waals surface area contributed by atoms with Crippen molar-refractivity contribution in [2.24, 2.45) is 0 Å². The Morgan fingerprint density at radius 1 is 1.29 bits per heavy atom. The van der Waals surface area contributed by atoms with Gasteiger partial charge in [-0.25, -0.2) is 4.98 Å². The molecule has 0 bridgehead atoms. The summed E-state index contributed by atoms with van der Waals surface area (Å²) >= 11 is 0. The van der Waals surface area contributed by atoms with Crippen molar-refractivity contribution in [3.05, 3.63) is 60.0 Å². The number of benzene rings is 1. The first kappa shape index (κ1) is 16.6. The topological polar surface area (TPSA) is 101 Å². The van der Waals surface area contributed by atoms with Crippen molar-refractivity contribution in [1.82, 2.24) is 30.0 Å². The Labute approximate surface area is 160 Å². The maximum Gasteiger partial charge on any atom is 0.253 e. The molecule has 1 aliphatic heterocycles. The summed E-state index contributed by atoms with van der Waals surface area (Å²) in [5, 5.41) is 8.31. The van der Waals surface area contributed by atoms with Crippen LogP contribution in [0.4, 0.5) is 0 Å². The zero-order valence-electron chi connectivity index (χ0n) is 15.3. The molecule has 0 radical (unpaired) electrons. The molecule has 1 unspecified atom stereocenters. The third kappa shape index (κ3) is 2.92. The summed E-state index contributed by atoms with van der Waals surface area (Å²) in [5.41, 5.74) is 3.17. The Bertz CT molecular complexity index is 1150. The number of amides is 1. The number of carbonyl (C=O) groups is 1. The normalized spacial score (nSPS) is 16.8. The molecule has 0 saturated carbocycles. The van der Waals surface area contributed by atoms with Gasteiger partial charge in [0.05, 0.1) is 22.5 Å². The molecule has 4 aromatic rings. The summed E-state index contributed by atoms with van der Waals surface area (Å²) in [5.74, 6) is 1.90. The minimum atomic E-state index is 0.00338. The number of H-pyrrole nitrogens is 1. The lowest BCUT2D eigenvalue weighted by Gasteiger charge is -2.15. The smallest absolute Gasteiger partial charge is 0.253 e. The molecule has 28 heavy (non-hydrogen) atoms. The van der Waals surface area contributed by atoms with Gasteiger partial charge >= 0.3 is 0 Å². The number of nitrogens with one attached hydrogen (secondary N) is 1. The maximum atomic E-state index is 12.9. The highest BCUT2D eigenvalue weighted by Crippen LogP contribution is 2.29. The predicted octanol–water partition coefficient (Wildman–Crippen LogP) is 2.95. The highest BCUT2D eigenvalue weighted by Gasteiger charge is 2.31. The number of fused-ring (bicyclic) bond motifs is 1. The lowest BCUT2D eigenvalue weighted by molar-refractivity contribution is 0.0790. The molecule has 3 aromatic heterocycles. The highest BCUT2D eigenvalue weighted by molar-refractivity contribution is 5.97. The average Bonchev–Trinajstić information content (AvgIpc) is 3.45. The van der Waals surface area contributed by atoms with Gasteiger partial charge in [-0.05, 0) is 43.7 Å². The van der Waals surface area contributed by atoms with Crippen molar-refractivity contribution in [3.63, 3.8) is 0 Å². The minimum absolute atomic E-state index is 0.00338. The Morgan fingerprint density at radius 3 is 3.07 bits per heavy atom. The summed E-state index contributed by atoms with van der Waals surface area (Å²) in [6.07, 6.45) is 4.18. The average molecular weight is 374 g/mol. The van der Waals surface area contributed by atoms with Crippen LogP contribution < -0.4 is 0 Å². The van der Waals surface area contributed by atoms with Crippen LogP contribution >= 0.6 is 0 Å². The molecule has 1 amide bonds. The largest absolute Gasteiger partial charge is 0.420 e.